The van der Waals surface area contributed by atoms with Crippen molar-refractivity contribution in [2.75, 3.05) is 5.75 Å². The molecule has 1 aromatic carbocycles. The summed E-state index contributed by atoms with van der Waals surface area (Å²) >= 11 is 7.59. The van der Waals surface area contributed by atoms with Gasteiger partial charge in [-0.1, -0.05) is 28.1 Å². The van der Waals surface area contributed by atoms with E-state index in [1.165, 1.54) is 24.8 Å². The van der Waals surface area contributed by atoms with E-state index in [9.17, 15) is 0 Å². The van der Waals surface area contributed by atoms with Gasteiger partial charge in [-0.25, -0.2) is 0 Å². The van der Waals surface area contributed by atoms with Crippen LogP contribution in [0.2, 0.25) is 0 Å². The highest BCUT2D eigenvalue weighted by molar-refractivity contribution is 9.10. The number of benzene rings is 1. The average molecular weight is 245 g/mol. The van der Waals surface area contributed by atoms with Crippen molar-refractivity contribution in [2.45, 2.75) is 19.3 Å². The number of thiol groups is 1. The van der Waals surface area contributed by atoms with E-state index in [1.807, 2.05) is 0 Å². The number of hydrogen-bond donors (Lipinski definition) is 1. The first kappa shape index (κ1) is 10.1. The summed E-state index contributed by atoms with van der Waals surface area (Å²) in [6, 6.07) is 8.53. The third-order valence-electron chi connectivity index (χ3n) is 1.79. The van der Waals surface area contributed by atoms with E-state index >= 15 is 0 Å². The minimum atomic E-state index is 0.997. The van der Waals surface area contributed by atoms with Crippen LogP contribution < -0.4 is 0 Å². The zero-order valence-electron chi connectivity index (χ0n) is 6.96. The molecule has 0 aliphatic carbocycles. The molecule has 0 heterocycles. The van der Waals surface area contributed by atoms with Crippen LogP contribution in [-0.2, 0) is 6.42 Å². The standard InChI is InChI=1S/C10H13BrS/c11-10-6-4-9(5-7-10)3-1-2-8-12/h4-7,12H,1-3,8H2. The van der Waals surface area contributed by atoms with E-state index in [-0.39, 0.29) is 0 Å². The molecule has 2 heteroatoms. The van der Waals surface area contributed by atoms with E-state index in [0.29, 0.717) is 0 Å². The Bertz CT molecular complexity index is 218. The molecule has 0 saturated heterocycles. The van der Waals surface area contributed by atoms with Gasteiger partial charge < -0.3 is 0 Å². The summed E-state index contributed by atoms with van der Waals surface area (Å²) in [5, 5.41) is 0. The third kappa shape index (κ3) is 3.63. The molecule has 0 radical (unpaired) electrons. The highest BCUT2D eigenvalue weighted by Crippen LogP contribution is 2.12. The lowest BCUT2D eigenvalue weighted by atomic mass is 10.1. The van der Waals surface area contributed by atoms with Crippen LogP contribution in [0.3, 0.4) is 0 Å². The molecule has 0 fully saturated rings. The second kappa shape index (κ2) is 5.65. The van der Waals surface area contributed by atoms with Gasteiger partial charge in [0.05, 0.1) is 0 Å². The van der Waals surface area contributed by atoms with Crippen molar-refractivity contribution in [3.05, 3.63) is 34.3 Å². The Morgan fingerprint density at radius 2 is 1.75 bits per heavy atom. The fourth-order valence-corrected chi connectivity index (χ4v) is 1.58. The number of unbranched alkanes of at least 4 members (excludes halogenated alkanes) is 1. The minimum absolute atomic E-state index is 0.997. The van der Waals surface area contributed by atoms with Crippen LogP contribution in [0.4, 0.5) is 0 Å². The van der Waals surface area contributed by atoms with Gasteiger partial charge >= 0.3 is 0 Å². The Hall–Kier alpha value is 0.0500. The molecular weight excluding hydrogens is 232 g/mol. The van der Waals surface area contributed by atoms with Gasteiger partial charge in [-0.15, -0.1) is 0 Å². The Balaban J connectivity index is 2.37. The predicted octanol–water partition coefficient (Wildman–Crippen LogP) is 3.70. The number of aryl methyl sites for hydroxylation is 1. The normalized spacial score (nSPS) is 10.2. The Labute approximate surface area is 87.9 Å². The maximum Gasteiger partial charge on any atom is 0.0175 e. The van der Waals surface area contributed by atoms with Crippen LogP contribution in [0, 0.1) is 0 Å². The highest BCUT2D eigenvalue weighted by Gasteiger charge is 1.92. The lowest BCUT2D eigenvalue weighted by Crippen LogP contribution is -1.85. The number of halogens is 1. The van der Waals surface area contributed by atoms with Crippen molar-refractivity contribution in [1.82, 2.24) is 0 Å². The van der Waals surface area contributed by atoms with Gasteiger partial charge in [-0.2, -0.15) is 12.6 Å². The maximum atomic E-state index is 4.18. The fourth-order valence-electron chi connectivity index (χ4n) is 1.09. The zero-order valence-corrected chi connectivity index (χ0v) is 9.44. The summed E-state index contributed by atoms with van der Waals surface area (Å²) in [4.78, 5) is 0. The van der Waals surface area contributed by atoms with Crippen molar-refractivity contribution < 1.29 is 0 Å². The molecule has 0 amide bonds. The summed E-state index contributed by atoms with van der Waals surface area (Å²) in [6.07, 6.45) is 3.62. The largest absolute Gasteiger partial charge is 0.179 e. The zero-order chi connectivity index (χ0) is 8.81. The van der Waals surface area contributed by atoms with Gasteiger partial charge in [-0.05, 0) is 42.7 Å². The molecule has 1 rings (SSSR count). The molecule has 0 unspecified atom stereocenters. The molecule has 0 aliphatic heterocycles. The second-order valence-electron chi connectivity index (χ2n) is 2.81. The quantitative estimate of drug-likeness (QED) is 0.606. The van der Waals surface area contributed by atoms with Crippen molar-refractivity contribution in [3.63, 3.8) is 0 Å². The van der Waals surface area contributed by atoms with Crippen LogP contribution in [0.25, 0.3) is 0 Å². The summed E-state index contributed by atoms with van der Waals surface area (Å²) in [5.74, 6) is 0.997. The van der Waals surface area contributed by atoms with E-state index in [2.05, 4.69) is 52.8 Å². The molecular formula is C10H13BrS. The lowest BCUT2D eigenvalue weighted by Gasteiger charge is -1.99. The second-order valence-corrected chi connectivity index (χ2v) is 4.17. The first-order chi connectivity index (χ1) is 5.83. The molecule has 0 aromatic heterocycles. The van der Waals surface area contributed by atoms with Gasteiger partial charge in [-0.3, -0.25) is 0 Å². The van der Waals surface area contributed by atoms with Crippen LogP contribution in [-0.4, -0.2) is 5.75 Å². The molecule has 0 nitrogen and oxygen atoms in total. The summed E-state index contributed by atoms with van der Waals surface area (Å²) in [6.45, 7) is 0. The molecule has 0 atom stereocenters. The summed E-state index contributed by atoms with van der Waals surface area (Å²) < 4.78 is 1.15. The monoisotopic (exact) mass is 244 g/mol. The molecule has 0 aliphatic rings. The van der Waals surface area contributed by atoms with Crippen molar-refractivity contribution >= 4 is 28.6 Å². The first-order valence-electron chi connectivity index (χ1n) is 4.18. The number of rotatable bonds is 4. The molecule has 0 spiro atoms. The van der Waals surface area contributed by atoms with Gasteiger partial charge in [0.1, 0.15) is 0 Å². The molecule has 0 saturated carbocycles. The van der Waals surface area contributed by atoms with Crippen molar-refractivity contribution in [3.8, 4) is 0 Å². The molecule has 66 valence electrons. The van der Waals surface area contributed by atoms with E-state index in [4.69, 9.17) is 0 Å². The molecule has 0 bridgehead atoms. The summed E-state index contributed by atoms with van der Waals surface area (Å²) in [5.41, 5.74) is 1.42. The Morgan fingerprint density at radius 3 is 2.33 bits per heavy atom. The molecule has 0 N–H and O–H groups in total. The van der Waals surface area contributed by atoms with Gasteiger partial charge in [0.2, 0.25) is 0 Å². The van der Waals surface area contributed by atoms with Crippen LogP contribution in [0.1, 0.15) is 18.4 Å². The molecule has 12 heavy (non-hydrogen) atoms. The van der Waals surface area contributed by atoms with Gasteiger partial charge in [0.25, 0.3) is 0 Å². The first-order valence-corrected chi connectivity index (χ1v) is 5.61. The fraction of sp³-hybridized carbons (Fsp3) is 0.400. The minimum Gasteiger partial charge on any atom is -0.179 e. The van der Waals surface area contributed by atoms with Crippen molar-refractivity contribution in [2.24, 2.45) is 0 Å². The highest BCUT2D eigenvalue weighted by atomic mass is 79.9. The van der Waals surface area contributed by atoms with Crippen LogP contribution >= 0.6 is 28.6 Å². The smallest absolute Gasteiger partial charge is 0.0175 e. The van der Waals surface area contributed by atoms with Gasteiger partial charge in [0.15, 0.2) is 0 Å². The topological polar surface area (TPSA) is 0 Å². The Kier molecular flexibility index (Phi) is 4.77. The van der Waals surface area contributed by atoms with E-state index in [0.717, 1.165) is 10.2 Å². The Morgan fingerprint density at radius 1 is 1.08 bits per heavy atom. The van der Waals surface area contributed by atoms with Crippen LogP contribution in [0.15, 0.2) is 28.7 Å². The average Bonchev–Trinajstić information content (AvgIpc) is 2.09. The third-order valence-corrected chi connectivity index (χ3v) is 2.63. The van der Waals surface area contributed by atoms with Crippen LogP contribution in [0.5, 0.6) is 0 Å². The lowest BCUT2D eigenvalue weighted by molar-refractivity contribution is 0.804. The maximum absolute atomic E-state index is 4.18. The van der Waals surface area contributed by atoms with E-state index < -0.39 is 0 Å². The summed E-state index contributed by atoms with van der Waals surface area (Å²) in [7, 11) is 0. The number of hydrogen-bond acceptors (Lipinski definition) is 1. The van der Waals surface area contributed by atoms with Crippen molar-refractivity contribution in [1.29, 1.82) is 0 Å². The SMILES string of the molecule is SCCCCc1ccc(Br)cc1. The predicted molar refractivity (Wildman–Crippen MR) is 60.9 cm³/mol. The van der Waals surface area contributed by atoms with E-state index in [1.54, 1.807) is 0 Å². The van der Waals surface area contributed by atoms with Gasteiger partial charge in [0, 0.05) is 4.47 Å². The molecule has 1 aromatic rings.